The zero-order valence-corrected chi connectivity index (χ0v) is 36.5. The zero-order chi connectivity index (χ0) is 43.5. The van der Waals surface area contributed by atoms with Crippen molar-refractivity contribution in [2.45, 2.75) is 209 Å². The minimum atomic E-state index is -1.73. The Morgan fingerprint density at radius 3 is 2.05 bits per heavy atom. The van der Waals surface area contributed by atoms with Gasteiger partial charge in [0.1, 0.15) is 61.0 Å². The summed E-state index contributed by atoms with van der Waals surface area (Å²) in [6.45, 7) is 12.7. The van der Waals surface area contributed by atoms with Gasteiger partial charge in [-0.3, -0.25) is 0 Å². The van der Waals surface area contributed by atoms with Crippen LogP contribution in [0, 0.1) is 46.3 Å². The third kappa shape index (κ3) is 7.42. The summed E-state index contributed by atoms with van der Waals surface area (Å²) in [6.07, 6.45) is -10.2. The molecular weight excluding hydrogens is 796 g/mol. The first-order valence-electron chi connectivity index (χ1n) is 23.2. The van der Waals surface area contributed by atoms with E-state index in [2.05, 4.69) is 33.8 Å². The van der Waals surface area contributed by atoms with E-state index in [4.69, 9.17) is 37.9 Å². The largest absolute Gasteiger partial charge is 0.394 e. The molecule has 16 heteroatoms. The third-order valence-corrected chi connectivity index (χ3v) is 17.6. The van der Waals surface area contributed by atoms with Gasteiger partial charge in [-0.25, -0.2) is 0 Å². The molecule has 4 aliphatic carbocycles. The second-order valence-corrected chi connectivity index (χ2v) is 21.1. The van der Waals surface area contributed by atoms with Crippen LogP contribution in [-0.2, 0) is 37.9 Å². The summed E-state index contributed by atoms with van der Waals surface area (Å²) in [7, 11) is 0. The lowest BCUT2D eigenvalue weighted by Gasteiger charge is -2.58. The molecule has 3 saturated carbocycles. The van der Waals surface area contributed by atoms with Crippen LogP contribution in [0.5, 0.6) is 0 Å². The summed E-state index contributed by atoms with van der Waals surface area (Å²) in [5.74, 6) is 2.78. The maximum atomic E-state index is 11.5. The van der Waals surface area contributed by atoms with Crippen LogP contribution in [0.25, 0.3) is 0 Å². The average Bonchev–Trinajstić information content (AvgIpc) is 3.69. The molecule has 0 radical (unpaired) electrons. The van der Waals surface area contributed by atoms with Gasteiger partial charge < -0.3 is 78.7 Å². The van der Waals surface area contributed by atoms with Gasteiger partial charge in [-0.05, 0) is 106 Å². The first kappa shape index (κ1) is 45.3. The Labute approximate surface area is 358 Å². The van der Waals surface area contributed by atoms with Crippen LogP contribution in [0.1, 0.15) is 99.3 Å². The van der Waals surface area contributed by atoms with Crippen LogP contribution in [0.15, 0.2) is 11.6 Å². The van der Waals surface area contributed by atoms with Crippen LogP contribution < -0.4 is 0 Å². The molecule has 0 amide bonds. The molecule has 0 bridgehead atoms. The van der Waals surface area contributed by atoms with Gasteiger partial charge in [0, 0.05) is 12.3 Å². The highest BCUT2D eigenvalue weighted by Gasteiger charge is 2.69. The molecule has 348 valence electrons. The molecule has 8 fully saturated rings. The Morgan fingerprint density at radius 2 is 1.34 bits per heavy atom. The highest BCUT2D eigenvalue weighted by Crippen LogP contribution is 2.70. The number of fused-ring (bicyclic) bond motifs is 7. The van der Waals surface area contributed by atoms with Gasteiger partial charge in [0.2, 0.25) is 0 Å². The molecule has 9 aliphatic rings. The third-order valence-electron chi connectivity index (χ3n) is 17.6. The molecule has 1 spiro atoms. The van der Waals surface area contributed by atoms with E-state index >= 15 is 0 Å². The van der Waals surface area contributed by atoms with Crippen LogP contribution in [0.3, 0.4) is 0 Å². The number of hydrogen-bond donors (Lipinski definition) is 8. The van der Waals surface area contributed by atoms with Crippen LogP contribution in [-0.4, -0.2) is 164 Å². The molecule has 0 aromatic rings. The second-order valence-electron chi connectivity index (χ2n) is 21.1. The molecule has 0 aromatic heterocycles. The van der Waals surface area contributed by atoms with E-state index in [0.29, 0.717) is 41.9 Å². The molecule has 8 N–H and O–H groups in total. The van der Waals surface area contributed by atoms with E-state index in [9.17, 15) is 40.9 Å². The lowest BCUT2D eigenvalue weighted by atomic mass is 9.47. The summed E-state index contributed by atoms with van der Waals surface area (Å²) in [4.78, 5) is 0. The predicted molar refractivity (Wildman–Crippen MR) is 213 cm³/mol. The maximum absolute atomic E-state index is 11.5. The molecule has 16 nitrogen and oxygen atoms in total. The fourth-order valence-electron chi connectivity index (χ4n) is 14.0. The average molecular weight is 869 g/mol. The molecule has 9 rings (SSSR count). The Bertz CT molecular complexity index is 1590. The summed E-state index contributed by atoms with van der Waals surface area (Å²) >= 11 is 0. The highest BCUT2D eigenvalue weighted by molar-refractivity contribution is 5.26. The minimum absolute atomic E-state index is 0.0266. The summed E-state index contributed by atoms with van der Waals surface area (Å²) in [5.41, 5.74) is 1.63. The van der Waals surface area contributed by atoms with E-state index < -0.39 is 105 Å². The van der Waals surface area contributed by atoms with Gasteiger partial charge in [-0.2, -0.15) is 0 Å². The first-order chi connectivity index (χ1) is 28.9. The van der Waals surface area contributed by atoms with Crippen molar-refractivity contribution in [3.05, 3.63) is 11.6 Å². The molecule has 5 heterocycles. The summed E-state index contributed by atoms with van der Waals surface area (Å²) < 4.78 is 49.4. The number of hydrogen-bond acceptors (Lipinski definition) is 16. The number of rotatable bonds is 7. The number of ether oxygens (including phenoxy) is 8. The van der Waals surface area contributed by atoms with E-state index in [-0.39, 0.29) is 23.0 Å². The van der Waals surface area contributed by atoms with Crippen molar-refractivity contribution in [1.82, 2.24) is 0 Å². The molecule has 5 saturated heterocycles. The standard InChI is InChI=1S/C45H72O16/c1-19-9-14-45(54-18-19)20(2)30-28(61-45)16-27-25-8-7-23-15-24(10-12-43(23,5)26(25)11-13-44(27,30)6)57-41-37(53)35(51)38(29(17-46)58-41)59-42-39(34(50)32(48)22(4)56-42)60-40-36(52)33(49)31(47)21(3)55-40/h7,19-22,24-42,46-53H,8-18H2,1-6H3/t19?,20-,21-,22-,24-,25?,26?,27?,28-,29+,30-,31-,32-,33+,34+,35+,36+,37+,38+,39+,40?,41+,42-,43-,44-,45+/m0/s1. The van der Waals surface area contributed by atoms with Crippen molar-refractivity contribution in [3.63, 3.8) is 0 Å². The van der Waals surface area contributed by atoms with Crippen molar-refractivity contribution < 1.29 is 78.7 Å². The maximum Gasteiger partial charge on any atom is 0.187 e. The fraction of sp³-hybridized carbons (Fsp3) is 0.956. The topological polar surface area (TPSA) is 236 Å². The number of allylic oxidation sites excluding steroid dienone is 1. The highest BCUT2D eigenvalue weighted by atomic mass is 16.8. The van der Waals surface area contributed by atoms with Gasteiger partial charge in [0.25, 0.3) is 0 Å². The molecule has 26 atom stereocenters. The Hall–Kier alpha value is -0.900. The number of aliphatic hydroxyl groups excluding tert-OH is 8. The van der Waals surface area contributed by atoms with E-state index in [1.807, 2.05) is 0 Å². The lowest BCUT2D eigenvalue weighted by molar-refractivity contribution is -0.386. The lowest BCUT2D eigenvalue weighted by Crippen LogP contribution is -2.66. The quantitative estimate of drug-likeness (QED) is 0.168. The van der Waals surface area contributed by atoms with Crippen molar-refractivity contribution in [2.75, 3.05) is 13.2 Å². The monoisotopic (exact) mass is 868 g/mol. The fourth-order valence-corrected chi connectivity index (χ4v) is 14.0. The summed E-state index contributed by atoms with van der Waals surface area (Å²) in [6, 6.07) is 0. The van der Waals surface area contributed by atoms with E-state index in [1.54, 1.807) is 0 Å². The molecule has 5 aliphatic heterocycles. The predicted octanol–water partition coefficient (Wildman–Crippen LogP) is 1.24. The van der Waals surface area contributed by atoms with Crippen molar-refractivity contribution >= 4 is 0 Å². The normalized spacial score (nSPS) is 58.4. The van der Waals surface area contributed by atoms with E-state index in [1.165, 1.54) is 32.3 Å². The second kappa shape index (κ2) is 16.8. The van der Waals surface area contributed by atoms with Gasteiger partial charge >= 0.3 is 0 Å². The Balaban J connectivity index is 0.843. The summed E-state index contributed by atoms with van der Waals surface area (Å²) in [5, 5.41) is 86.2. The molecule has 5 unspecified atom stereocenters. The van der Waals surface area contributed by atoms with E-state index in [0.717, 1.165) is 45.1 Å². The van der Waals surface area contributed by atoms with Crippen LogP contribution >= 0.6 is 0 Å². The Kier molecular flexibility index (Phi) is 12.4. The smallest absolute Gasteiger partial charge is 0.187 e. The molecule has 0 aromatic carbocycles. The molecular formula is C45H72O16. The van der Waals surface area contributed by atoms with Crippen molar-refractivity contribution in [1.29, 1.82) is 0 Å². The van der Waals surface area contributed by atoms with Crippen molar-refractivity contribution in [3.8, 4) is 0 Å². The number of aliphatic hydroxyl groups is 8. The zero-order valence-electron chi connectivity index (χ0n) is 36.5. The van der Waals surface area contributed by atoms with Crippen molar-refractivity contribution in [2.24, 2.45) is 46.3 Å². The van der Waals surface area contributed by atoms with Gasteiger partial charge in [0.15, 0.2) is 24.7 Å². The van der Waals surface area contributed by atoms with Crippen LogP contribution in [0.4, 0.5) is 0 Å². The minimum Gasteiger partial charge on any atom is -0.394 e. The first-order valence-corrected chi connectivity index (χ1v) is 23.2. The van der Waals surface area contributed by atoms with Gasteiger partial charge in [0.05, 0.1) is 37.6 Å². The van der Waals surface area contributed by atoms with Gasteiger partial charge in [-0.1, -0.05) is 39.3 Å². The van der Waals surface area contributed by atoms with Crippen LogP contribution in [0.2, 0.25) is 0 Å². The van der Waals surface area contributed by atoms with Gasteiger partial charge in [-0.15, -0.1) is 0 Å². The Morgan fingerprint density at radius 1 is 0.689 bits per heavy atom. The molecule has 61 heavy (non-hydrogen) atoms. The SMILES string of the molecule is CC1CC[C@@]2(OC1)O[C@H]1CC3C4CC=C5C[C@@H](O[C@@H]6O[C@H](CO)[C@@H](O[C@@H]7O[C@@H](C)[C@H](O)[C@@H](O)[C@H]7OC7O[C@@H](C)[C@H](O)[C@@H](O)[C@H]7O)[C@H](O)[C@H]6O)CC[C@]5(C)C4CC[C@]3(C)[C@H]1[C@@H]2C.